The summed E-state index contributed by atoms with van der Waals surface area (Å²) in [5.74, 6) is 2.46. The highest BCUT2D eigenvalue weighted by molar-refractivity contribution is 6.30. The zero-order valence-electron chi connectivity index (χ0n) is 17.4. The molecule has 0 aromatic heterocycles. The van der Waals surface area contributed by atoms with Gasteiger partial charge in [-0.3, -0.25) is 0 Å². The number of benzene rings is 3. The van der Waals surface area contributed by atoms with Crippen molar-refractivity contribution in [2.24, 2.45) is 5.10 Å². The number of methoxy groups -OCH3 is 1. The first-order valence-corrected chi connectivity index (χ1v) is 10.7. The van der Waals surface area contributed by atoms with E-state index in [4.69, 9.17) is 30.9 Å². The molecule has 0 saturated carbocycles. The molecule has 2 heterocycles. The average molecular weight is 435 g/mol. The van der Waals surface area contributed by atoms with Crippen molar-refractivity contribution < 1.29 is 14.2 Å². The van der Waals surface area contributed by atoms with Crippen LogP contribution in [0.4, 0.5) is 0 Å². The van der Waals surface area contributed by atoms with Gasteiger partial charge in [-0.1, -0.05) is 23.7 Å². The fourth-order valence-corrected chi connectivity index (χ4v) is 4.37. The van der Waals surface area contributed by atoms with Crippen molar-refractivity contribution in [1.82, 2.24) is 5.01 Å². The molecule has 2 unspecified atom stereocenters. The molecule has 6 heteroatoms. The van der Waals surface area contributed by atoms with E-state index in [0.29, 0.717) is 11.6 Å². The number of hydrogen-bond donors (Lipinski definition) is 0. The molecule has 0 saturated heterocycles. The molecule has 158 valence electrons. The van der Waals surface area contributed by atoms with Crippen LogP contribution in [0.15, 0.2) is 71.8 Å². The predicted octanol–water partition coefficient (Wildman–Crippen LogP) is 5.99. The standard InChI is InChI=1S/C25H23ClN2O3/c1-3-30-23-7-5-4-6-19(23)25-28-22(20-14-17(26)10-13-24(20)31-25)15-21(27-28)16-8-11-18(29-2)12-9-16/h4-14,22,25H,3,15H2,1-2H3. The molecule has 31 heavy (non-hydrogen) atoms. The summed E-state index contributed by atoms with van der Waals surface area (Å²) < 4.78 is 17.6. The summed E-state index contributed by atoms with van der Waals surface area (Å²) in [6.07, 6.45) is 0.369. The molecule has 0 radical (unpaired) electrons. The minimum absolute atomic E-state index is 0.0271. The Morgan fingerprint density at radius 3 is 2.65 bits per heavy atom. The largest absolute Gasteiger partial charge is 0.497 e. The van der Waals surface area contributed by atoms with E-state index >= 15 is 0 Å². The monoisotopic (exact) mass is 434 g/mol. The lowest BCUT2D eigenvalue weighted by Gasteiger charge is -2.38. The zero-order chi connectivity index (χ0) is 21.4. The van der Waals surface area contributed by atoms with Crippen LogP contribution in [0.3, 0.4) is 0 Å². The number of hydrogen-bond acceptors (Lipinski definition) is 5. The van der Waals surface area contributed by atoms with E-state index in [-0.39, 0.29) is 6.04 Å². The Morgan fingerprint density at radius 2 is 1.87 bits per heavy atom. The van der Waals surface area contributed by atoms with Crippen molar-refractivity contribution in [3.8, 4) is 17.2 Å². The molecule has 2 aliphatic heterocycles. The summed E-state index contributed by atoms with van der Waals surface area (Å²) in [6.45, 7) is 2.56. The molecule has 0 bridgehead atoms. The highest BCUT2D eigenvalue weighted by atomic mass is 35.5. The Balaban J connectivity index is 1.59. The minimum Gasteiger partial charge on any atom is -0.497 e. The second-order valence-electron chi connectivity index (χ2n) is 7.50. The van der Waals surface area contributed by atoms with Crippen LogP contribution in [0.1, 0.15) is 42.3 Å². The lowest BCUT2D eigenvalue weighted by atomic mass is 9.95. The number of halogens is 1. The van der Waals surface area contributed by atoms with Crippen molar-refractivity contribution in [2.75, 3.05) is 13.7 Å². The summed E-state index contributed by atoms with van der Waals surface area (Å²) in [5, 5.41) is 7.73. The number of nitrogens with zero attached hydrogens (tertiary/aromatic N) is 2. The van der Waals surface area contributed by atoms with Crippen molar-refractivity contribution in [1.29, 1.82) is 0 Å². The van der Waals surface area contributed by atoms with Gasteiger partial charge in [0.05, 0.1) is 31.0 Å². The van der Waals surface area contributed by atoms with Crippen LogP contribution in [0.5, 0.6) is 17.2 Å². The maximum atomic E-state index is 6.45. The summed E-state index contributed by atoms with van der Waals surface area (Å²) in [6, 6.07) is 21.8. The van der Waals surface area contributed by atoms with E-state index in [9.17, 15) is 0 Å². The van der Waals surface area contributed by atoms with Gasteiger partial charge in [0, 0.05) is 17.0 Å². The molecular formula is C25H23ClN2O3. The molecule has 0 spiro atoms. The topological polar surface area (TPSA) is 43.3 Å². The van der Waals surface area contributed by atoms with Gasteiger partial charge in [-0.2, -0.15) is 5.10 Å². The Hall–Kier alpha value is -3.18. The molecule has 2 aliphatic rings. The second kappa shape index (κ2) is 8.16. The van der Waals surface area contributed by atoms with Crippen LogP contribution in [-0.4, -0.2) is 24.4 Å². The molecule has 2 atom stereocenters. The van der Waals surface area contributed by atoms with Gasteiger partial charge in [-0.05, 0) is 67.1 Å². The summed E-state index contributed by atoms with van der Waals surface area (Å²) >= 11 is 6.33. The number of ether oxygens (including phenoxy) is 3. The van der Waals surface area contributed by atoms with Gasteiger partial charge in [-0.15, -0.1) is 0 Å². The lowest BCUT2D eigenvalue weighted by Crippen LogP contribution is -2.34. The Morgan fingerprint density at radius 1 is 1.06 bits per heavy atom. The summed E-state index contributed by atoms with van der Waals surface area (Å²) in [5.41, 5.74) is 4.07. The number of hydrazone groups is 1. The number of rotatable bonds is 5. The van der Waals surface area contributed by atoms with Gasteiger partial charge in [0.25, 0.3) is 0 Å². The third kappa shape index (κ3) is 3.59. The Labute approximate surface area is 186 Å². The molecular weight excluding hydrogens is 412 g/mol. The summed E-state index contributed by atoms with van der Waals surface area (Å²) in [7, 11) is 1.67. The normalized spacial score (nSPS) is 19.2. The van der Waals surface area contributed by atoms with Crippen LogP contribution in [-0.2, 0) is 0 Å². The van der Waals surface area contributed by atoms with Crippen molar-refractivity contribution in [2.45, 2.75) is 25.6 Å². The molecule has 3 aromatic carbocycles. The smallest absolute Gasteiger partial charge is 0.217 e. The van der Waals surface area contributed by atoms with Gasteiger partial charge in [0.1, 0.15) is 17.2 Å². The van der Waals surface area contributed by atoms with Gasteiger partial charge in [-0.25, -0.2) is 5.01 Å². The van der Waals surface area contributed by atoms with Gasteiger partial charge >= 0.3 is 0 Å². The fraction of sp³-hybridized carbons (Fsp3) is 0.240. The number of para-hydroxylation sites is 1. The van der Waals surface area contributed by atoms with Crippen molar-refractivity contribution in [3.05, 3.63) is 88.4 Å². The molecule has 0 aliphatic carbocycles. The van der Waals surface area contributed by atoms with Crippen LogP contribution in [0.2, 0.25) is 5.02 Å². The van der Waals surface area contributed by atoms with E-state index in [0.717, 1.165) is 46.1 Å². The Bertz CT molecular complexity index is 1130. The van der Waals surface area contributed by atoms with Gasteiger partial charge in [0.2, 0.25) is 6.23 Å². The minimum atomic E-state index is -0.392. The van der Waals surface area contributed by atoms with Crippen LogP contribution >= 0.6 is 11.6 Å². The van der Waals surface area contributed by atoms with E-state index in [1.807, 2.05) is 78.7 Å². The zero-order valence-corrected chi connectivity index (χ0v) is 18.2. The molecule has 0 amide bonds. The average Bonchev–Trinajstić information content (AvgIpc) is 3.25. The van der Waals surface area contributed by atoms with Crippen LogP contribution < -0.4 is 14.2 Å². The van der Waals surface area contributed by atoms with Crippen molar-refractivity contribution >= 4 is 17.3 Å². The first-order valence-electron chi connectivity index (χ1n) is 10.4. The highest BCUT2D eigenvalue weighted by Gasteiger charge is 2.42. The maximum absolute atomic E-state index is 6.45. The molecule has 0 fully saturated rings. The van der Waals surface area contributed by atoms with Crippen LogP contribution in [0.25, 0.3) is 0 Å². The van der Waals surface area contributed by atoms with Crippen molar-refractivity contribution in [3.63, 3.8) is 0 Å². The highest BCUT2D eigenvalue weighted by Crippen LogP contribution is 2.49. The molecule has 5 rings (SSSR count). The second-order valence-corrected chi connectivity index (χ2v) is 7.93. The van der Waals surface area contributed by atoms with E-state index in [1.165, 1.54) is 0 Å². The maximum Gasteiger partial charge on any atom is 0.217 e. The number of fused-ring (bicyclic) bond motifs is 3. The molecule has 3 aromatic rings. The van der Waals surface area contributed by atoms with Crippen LogP contribution in [0, 0.1) is 0 Å². The molecule has 0 N–H and O–H groups in total. The lowest BCUT2D eigenvalue weighted by molar-refractivity contribution is -0.0205. The molecule has 5 nitrogen and oxygen atoms in total. The van der Waals surface area contributed by atoms with Gasteiger partial charge < -0.3 is 14.2 Å². The third-order valence-electron chi connectivity index (χ3n) is 5.66. The predicted molar refractivity (Wildman–Crippen MR) is 121 cm³/mol. The summed E-state index contributed by atoms with van der Waals surface area (Å²) in [4.78, 5) is 0. The van der Waals surface area contributed by atoms with E-state index in [1.54, 1.807) is 7.11 Å². The first-order chi connectivity index (χ1) is 15.2. The third-order valence-corrected chi connectivity index (χ3v) is 5.90. The fourth-order valence-electron chi connectivity index (χ4n) is 4.19. The quantitative estimate of drug-likeness (QED) is 0.494. The first kappa shape index (κ1) is 19.8. The van der Waals surface area contributed by atoms with Gasteiger partial charge in [0.15, 0.2) is 0 Å². The van der Waals surface area contributed by atoms with E-state index < -0.39 is 6.23 Å². The van der Waals surface area contributed by atoms with E-state index in [2.05, 4.69) is 0 Å². The Kier molecular flexibility index (Phi) is 5.20. The SMILES string of the molecule is CCOc1ccccc1C1Oc2ccc(Cl)cc2C2CC(c3ccc(OC)cc3)=NN21.